The van der Waals surface area contributed by atoms with Crippen LogP contribution in [-0.2, 0) is 4.79 Å². The van der Waals surface area contributed by atoms with Gasteiger partial charge in [0.25, 0.3) is 5.56 Å². The third kappa shape index (κ3) is 3.15. The molecule has 0 bridgehead atoms. The number of carbonyl (C=O) groups excluding carboxylic acids is 1. The second kappa shape index (κ2) is 7.34. The molecule has 3 heterocycles. The van der Waals surface area contributed by atoms with E-state index in [-0.39, 0.29) is 11.3 Å². The molecule has 5 rings (SSSR count). The first kappa shape index (κ1) is 18.4. The first-order valence-electron chi connectivity index (χ1n) is 10.3. The topological polar surface area (TPSA) is 78.1 Å². The van der Waals surface area contributed by atoms with Gasteiger partial charge in [0, 0.05) is 41.7 Å². The van der Waals surface area contributed by atoms with Crippen LogP contribution in [0.25, 0.3) is 0 Å². The smallest absolute Gasteiger partial charge is 0.258 e. The Bertz CT molecular complexity index is 1070. The number of fused-ring (bicyclic) bond motifs is 1. The summed E-state index contributed by atoms with van der Waals surface area (Å²) in [5.41, 5.74) is 2.58. The van der Waals surface area contributed by atoms with Crippen molar-refractivity contribution >= 4 is 29.2 Å². The predicted molar refractivity (Wildman–Crippen MR) is 114 cm³/mol. The molecule has 2 N–H and O–H groups in total. The zero-order valence-electron chi connectivity index (χ0n) is 16.1. The quantitative estimate of drug-likeness (QED) is 0.783. The molecule has 0 unspecified atom stereocenters. The van der Waals surface area contributed by atoms with Crippen LogP contribution >= 0.6 is 11.6 Å². The lowest BCUT2D eigenvalue weighted by atomic mass is 9.76. The number of aromatic nitrogens is 2. The van der Waals surface area contributed by atoms with Gasteiger partial charge >= 0.3 is 0 Å². The maximum Gasteiger partial charge on any atom is 0.258 e. The Labute approximate surface area is 174 Å². The molecule has 1 aromatic carbocycles. The van der Waals surface area contributed by atoms with E-state index < -0.39 is 5.92 Å². The molecule has 0 radical (unpaired) electrons. The van der Waals surface area contributed by atoms with Crippen LogP contribution in [0.15, 0.2) is 40.3 Å². The number of carbonyl (C=O) groups is 1. The zero-order valence-corrected chi connectivity index (χ0v) is 16.9. The van der Waals surface area contributed by atoms with E-state index in [1.807, 2.05) is 18.2 Å². The molecule has 6 nitrogen and oxygen atoms in total. The Balaban J connectivity index is 1.69. The summed E-state index contributed by atoms with van der Waals surface area (Å²) < 4.78 is 0. The molecular formula is C22H23ClN4O2. The molecule has 150 valence electrons. The van der Waals surface area contributed by atoms with Crippen LogP contribution in [0, 0.1) is 0 Å². The van der Waals surface area contributed by atoms with E-state index >= 15 is 0 Å². The Morgan fingerprint density at radius 1 is 1.03 bits per heavy atom. The van der Waals surface area contributed by atoms with E-state index in [0.29, 0.717) is 34.3 Å². The van der Waals surface area contributed by atoms with Gasteiger partial charge in [0.2, 0.25) is 5.95 Å². The summed E-state index contributed by atoms with van der Waals surface area (Å²) in [6, 6.07) is 7.44. The van der Waals surface area contributed by atoms with E-state index in [9.17, 15) is 9.59 Å². The summed E-state index contributed by atoms with van der Waals surface area (Å²) in [7, 11) is 0. The Morgan fingerprint density at radius 3 is 2.62 bits per heavy atom. The predicted octanol–water partition coefficient (Wildman–Crippen LogP) is 3.98. The number of nitrogens with one attached hydrogen (secondary N) is 2. The highest BCUT2D eigenvalue weighted by Gasteiger charge is 2.38. The number of H-pyrrole nitrogens is 1. The number of aromatic amines is 1. The fourth-order valence-corrected chi connectivity index (χ4v) is 4.97. The highest BCUT2D eigenvalue weighted by atomic mass is 35.5. The van der Waals surface area contributed by atoms with Gasteiger partial charge in [0.1, 0.15) is 5.82 Å². The summed E-state index contributed by atoms with van der Waals surface area (Å²) in [6.07, 6.45) is 5.47. The average Bonchev–Trinajstić information content (AvgIpc) is 2.73. The third-order valence-electron chi connectivity index (χ3n) is 6.12. The number of halogens is 1. The van der Waals surface area contributed by atoms with Gasteiger partial charge in [-0.15, -0.1) is 0 Å². The molecule has 0 saturated carbocycles. The summed E-state index contributed by atoms with van der Waals surface area (Å²) in [4.78, 5) is 36.0. The molecule has 1 fully saturated rings. The monoisotopic (exact) mass is 410 g/mol. The van der Waals surface area contributed by atoms with Gasteiger partial charge in [-0.3, -0.25) is 14.6 Å². The molecule has 2 aliphatic heterocycles. The van der Waals surface area contributed by atoms with E-state index in [2.05, 4.69) is 15.2 Å². The van der Waals surface area contributed by atoms with E-state index in [4.69, 9.17) is 16.6 Å². The number of Topliss-reactive ketones (excluding diaryl/α,β-unsaturated/α-hetero) is 1. The van der Waals surface area contributed by atoms with Gasteiger partial charge in [-0.05, 0) is 43.7 Å². The standard InChI is InChI=1S/C22H23ClN4O2/c23-14-8-3-2-7-13(14)17-18-15(9-6-10-16(18)28)24-20-19(17)21(29)26-22(25-20)27-11-4-1-5-12-27/h2-3,7-8,17H,1,4-6,9-12H2,(H2,24,25,26,29)/t17-/m1/s1. The summed E-state index contributed by atoms with van der Waals surface area (Å²) in [6.45, 7) is 1.78. The van der Waals surface area contributed by atoms with Crippen LogP contribution in [0.3, 0.4) is 0 Å². The molecule has 29 heavy (non-hydrogen) atoms. The van der Waals surface area contributed by atoms with Crippen LogP contribution in [0.4, 0.5) is 11.8 Å². The lowest BCUT2D eigenvalue weighted by Crippen LogP contribution is -2.36. The van der Waals surface area contributed by atoms with Crippen molar-refractivity contribution in [1.29, 1.82) is 0 Å². The summed E-state index contributed by atoms with van der Waals surface area (Å²) in [5, 5.41) is 3.88. The first-order valence-corrected chi connectivity index (χ1v) is 10.7. The third-order valence-corrected chi connectivity index (χ3v) is 6.46. The maximum atomic E-state index is 13.3. The molecule has 7 heteroatoms. The molecule has 3 aliphatic rings. The van der Waals surface area contributed by atoms with Crippen molar-refractivity contribution in [3.63, 3.8) is 0 Å². The SMILES string of the molecule is O=C1CCCC2=C1[C@@H](c1ccccc1Cl)c1c(nc(N3CCCCC3)[nH]c1=O)N2. The van der Waals surface area contributed by atoms with Gasteiger partial charge in [0.15, 0.2) is 5.78 Å². The van der Waals surface area contributed by atoms with Gasteiger partial charge in [0.05, 0.1) is 5.56 Å². The number of hydrogen-bond donors (Lipinski definition) is 2. The van der Waals surface area contributed by atoms with Gasteiger partial charge in [-0.2, -0.15) is 4.98 Å². The minimum Gasteiger partial charge on any atom is -0.343 e. The summed E-state index contributed by atoms with van der Waals surface area (Å²) >= 11 is 6.51. The number of nitrogens with zero attached hydrogens (tertiary/aromatic N) is 2. The Morgan fingerprint density at radius 2 is 1.83 bits per heavy atom. The average molecular weight is 411 g/mol. The fourth-order valence-electron chi connectivity index (χ4n) is 4.72. The fraction of sp³-hybridized carbons (Fsp3) is 0.409. The van der Waals surface area contributed by atoms with E-state index in [1.165, 1.54) is 6.42 Å². The number of rotatable bonds is 2. The largest absolute Gasteiger partial charge is 0.343 e. The molecule has 2 aromatic rings. The second-order valence-electron chi connectivity index (χ2n) is 7.95. The molecule has 0 spiro atoms. The number of benzene rings is 1. The normalized spacial score (nSPS) is 21.5. The second-order valence-corrected chi connectivity index (χ2v) is 8.36. The van der Waals surface area contributed by atoms with Crippen LogP contribution in [0.2, 0.25) is 5.02 Å². The van der Waals surface area contributed by atoms with Gasteiger partial charge < -0.3 is 10.2 Å². The number of piperidine rings is 1. The van der Waals surface area contributed by atoms with Crippen molar-refractivity contribution in [3.8, 4) is 0 Å². The van der Waals surface area contributed by atoms with Gasteiger partial charge in [-0.1, -0.05) is 29.8 Å². The zero-order chi connectivity index (χ0) is 20.0. The Kier molecular flexibility index (Phi) is 4.66. The Hall–Kier alpha value is -2.60. The first-order chi connectivity index (χ1) is 14.1. The number of ketones is 1. The number of allylic oxidation sites excluding steroid dienone is 2. The number of anilines is 2. The van der Waals surface area contributed by atoms with Crippen molar-refractivity contribution < 1.29 is 4.79 Å². The van der Waals surface area contributed by atoms with Crippen molar-refractivity contribution in [2.24, 2.45) is 0 Å². The van der Waals surface area contributed by atoms with Crippen LogP contribution < -0.4 is 15.8 Å². The van der Waals surface area contributed by atoms with Crippen LogP contribution in [0.5, 0.6) is 0 Å². The van der Waals surface area contributed by atoms with Crippen molar-refractivity contribution in [2.75, 3.05) is 23.3 Å². The van der Waals surface area contributed by atoms with Gasteiger partial charge in [-0.25, -0.2) is 0 Å². The van der Waals surface area contributed by atoms with Crippen molar-refractivity contribution in [2.45, 2.75) is 44.4 Å². The number of hydrogen-bond acceptors (Lipinski definition) is 5. The van der Waals surface area contributed by atoms with Crippen molar-refractivity contribution in [3.05, 3.63) is 62.0 Å². The highest BCUT2D eigenvalue weighted by Crippen LogP contribution is 2.45. The lowest BCUT2D eigenvalue weighted by molar-refractivity contribution is -0.116. The van der Waals surface area contributed by atoms with Crippen molar-refractivity contribution in [1.82, 2.24) is 9.97 Å². The van der Waals surface area contributed by atoms with E-state index in [0.717, 1.165) is 50.0 Å². The minimum atomic E-state index is -0.491. The van der Waals surface area contributed by atoms with E-state index in [1.54, 1.807) is 6.07 Å². The molecule has 1 aromatic heterocycles. The molecule has 0 amide bonds. The maximum absolute atomic E-state index is 13.3. The summed E-state index contributed by atoms with van der Waals surface area (Å²) in [5.74, 6) is 0.737. The van der Waals surface area contributed by atoms with Crippen LogP contribution in [-0.4, -0.2) is 28.8 Å². The molecule has 1 saturated heterocycles. The minimum absolute atomic E-state index is 0.0776. The lowest BCUT2D eigenvalue weighted by Gasteiger charge is -2.34. The molecular weight excluding hydrogens is 388 g/mol. The molecule has 1 aliphatic carbocycles. The highest BCUT2D eigenvalue weighted by molar-refractivity contribution is 6.31. The van der Waals surface area contributed by atoms with Crippen LogP contribution in [0.1, 0.15) is 55.6 Å². The molecule has 1 atom stereocenters.